The summed E-state index contributed by atoms with van der Waals surface area (Å²) in [5.74, 6) is -0.444. The van der Waals surface area contributed by atoms with E-state index in [1.165, 1.54) is 4.57 Å². The van der Waals surface area contributed by atoms with E-state index in [0.29, 0.717) is 35.0 Å². The Bertz CT molecular complexity index is 1620. The van der Waals surface area contributed by atoms with Gasteiger partial charge in [0.05, 0.1) is 27.5 Å². The number of nitrogens with zero attached hydrogens (tertiary/aromatic N) is 4. The number of aromatic nitrogens is 4. The monoisotopic (exact) mass is 464 g/mol. The van der Waals surface area contributed by atoms with Gasteiger partial charge in [-0.25, -0.2) is 9.59 Å². The molecular weight excluding hydrogens is 436 g/mol. The van der Waals surface area contributed by atoms with Crippen molar-refractivity contribution in [2.75, 3.05) is 12.3 Å². The Morgan fingerprint density at radius 2 is 1.56 bits per heavy atom. The summed E-state index contributed by atoms with van der Waals surface area (Å²) in [6.07, 6.45) is 0. The molecular formula is C24H28N6O4. The van der Waals surface area contributed by atoms with E-state index in [9.17, 15) is 19.2 Å². The van der Waals surface area contributed by atoms with Crippen molar-refractivity contribution in [1.29, 1.82) is 0 Å². The van der Waals surface area contributed by atoms with E-state index in [1.807, 2.05) is 26.8 Å². The zero-order valence-corrected chi connectivity index (χ0v) is 19.7. The smallest absolute Gasteiger partial charge is 0.331 e. The first-order valence-electron chi connectivity index (χ1n) is 11.2. The fraction of sp³-hybridized carbons (Fsp3) is 0.333. The lowest BCUT2D eigenvalue weighted by molar-refractivity contribution is 0.0953. The van der Waals surface area contributed by atoms with Crippen molar-refractivity contribution in [3.8, 4) is 0 Å². The van der Waals surface area contributed by atoms with Crippen molar-refractivity contribution in [3.05, 3.63) is 72.8 Å². The molecule has 0 spiro atoms. The van der Waals surface area contributed by atoms with Gasteiger partial charge >= 0.3 is 11.4 Å². The Morgan fingerprint density at radius 1 is 0.912 bits per heavy atom. The van der Waals surface area contributed by atoms with Gasteiger partial charge in [0.15, 0.2) is 0 Å². The number of aryl methyl sites for hydroxylation is 4. The summed E-state index contributed by atoms with van der Waals surface area (Å²) >= 11 is 0. The largest absolute Gasteiger partial charge is 0.398 e. The first-order valence-corrected chi connectivity index (χ1v) is 11.2. The van der Waals surface area contributed by atoms with Gasteiger partial charge in [0.1, 0.15) is 0 Å². The van der Waals surface area contributed by atoms with E-state index >= 15 is 0 Å². The van der Waals surface area contributed by atoms with Crippen LogP contribution in [0.1, 0.15) is 29.8 Å². The predicted molar refractivity (Wildman–Crippen MR) is 132 cm³/mol. The number of carbonyl (C=O) groups is 1. The summed E-state index contributed by atoms with van der Waals surface area (Å²) in [4.78, 5) is 51.1. The lowest BCUT2D eigenvalue weighted by atomic mass is 10.1. The number of hydrogen-bond donors (Lipinski definition) is 2. The summed E-state index contributed by atoms with van der Waals surface area (Å²) < 4.78 is 5.74. The third-order valence-corrected chi connectivity index (χ3v) is 6.19. The number of rotatable bonds is 6. The first-order chi connectivity index (χ1) is 16.2. The molecule has 0 unspecified atom stereocenters. The predicted octanol–water partition coefficient (Wildman–Crippen LogP) is 1.18. The van der Waals surface area contributed by atoms with E-state index in [4.69, 9.17) is 5.73 Å². The SMILES string of the molecule is CCn1c(=O)n(CC)c2cc(C(=O)NCCn3c(=O)c4cc(C)ccc4n(C)c3=O)c(N)cc21. The molecule has 0 saturated heterocycles. The molecule has 2 aromatic heterocycles. The number of anilines is 1. The van der Waals surface area contributed by atoms with Crippen molar-refractivity contribution >= 4 is 33.5 Å². The number of hydrogen-bond acceptors (Lipinski definition) is 5. The molecule has 10 heteroatoms. The minimum absolute atomic E-state index is 0.00908. The van der Waals surface area contributed by atoms with Crippen LogP contribution in [0.4, 0.5) is 5.69 Å². The molecule has 0 aliphatic carbocycles. The maximum Gasteiger partial charge on any atom is 0.331 e. The number of benzene rings is 2. The van der Waals surface area contributed by atoms with Gasteiger partial charge in [-0.3, -0.25) is 27.9 Å². The number of fused-ring (bicyclic) bond motifs is 2. The highest BCUT2D eigenvalue weighted by Crippen LogP contribution is 2.22. The van der Waals surface area contributed by atoms with Crippen LogP contribution < -0.4 is 28.0 Å². The van der Waals surface area contributed by atoms with E-state index in [2.05, 4.69) is 5.32 Å². The molecule has 0 fully saturated rings. The second-order valence-electron chi connectivity index (χ2n) is 8.27. The van der Waals surface area contributed by atoms with Crippen LogP contribution in [0.2, 0.25) is 0 Å². The molecule has 2 aromatic carbocycles. The Hall–Kier alpha value is -4.08. The number of nitrogens with two attached hydrogens (primary N) is 1. The molecule has 0 aliphatic heterocycles. The molecule has 178 valence electrons. The van der Waals surface area contributed by atoms with Crippen LogP contribution in [0.5, 0.6) is 0 Å². The Kier molecular flexibility index (Phi) is 5.90. The van der Waals surface area contributed by atoms with Gasteiger partial charge in [0.2, 0.25) is 0 Å². The van der Waals surface area contributed by atoms with Gasteiger partial charge in [-0.15, -0.1) is 0 Å². The highest BCUT2D eigenvalue weighted by atomic mass is 16.2. The summed E-state index contributed by atoms with van der Waals surface area (Å²) in [7, 11) is 1.61. The van der Waals surface area contributed by atoms with Crippen LogP contribution in [-0.4, -0.2) is 30.7 Å². The van der Waals surface area contributed by atoms with Crippen molar-refractivity contribution in [2.24, 2.45) is 7.05 Å². The molecule has 1 amide bonds. The molecule has 0 radical (unpaired) electrons. The van der Waals surface area contributed by atoms with E-state index in [-0.39, 0.29) is 30.0 Å². The highest BCUT2D eigenvalue weighted by molar-refractivity contribution is 6.03. The normalized spacial score (nSPS) is 11.4. The molecule has 10 nitrogen and oxygen atoms in total. The Morgan fingerprint density at radius 3 is 2.21 bits per heavy atom. The summed E-state index contributed by atoms with van der Waals surface area (Å²) in [6, 6.07) is 8.59. The number of amides is 1. The lowest BCUT2D eigenvalue weighted by Gasteiger charge is -2.12. The van der Waals surface area contributed by atoms with Crippen LogP contribution in [0, 0.1) is 6.92 Å². The lowest BCUT2D eigenvalue weighted by Crippen LogP contribution is -2.42. The summed E-state index contributed by atoms with van der Waals surface area (Å²) in [5, 5.41) is 3.18. The average molecular weight is 465 g/mol. The van der Waals surface area contributed by atoms with E-state index in [0.717, 1.165) is 10.1 Å². The highest BCUT2D eigenvalue weighted by Gasteiger charge is 2.18. The maximum absolute atomic E-state index is 12.9. The third-order valence-electron chi connectivity index (χ3n) is 6.19. The zero-order chi connectivity index (χ0) is 24.7. The molecule has 0 saturated carbocycles. The zero-order valence-electron chi connectivity index (χ0n) is 19.7. The summed E-state index contributed by atoms with van der Waals surface area (Å²) in [6.45, 7) is 6.62. The Balaban J connectivity index is 1.62. The molecule has 0 aliphatic rings. The van der Waals surface area contributed by atoms with Crippen LogP contribution >= 0.6 is 0 Å². The second kappa shape index (κ2) is 8.69. The molecule has 2 heterocycles. The van der Waals surface area contributed by atoms with Crippen molar-refractivity contribution in [3.63, 3.8) is 0 Å². The van der Waals surface area contributed by atoms with Crippen molar-refractivity contribution in [1.82, 2.24) is 23.6 Å². The molecule has 4 aromatic rings. The Labute approximate surface area is 194 Å². The average Bonchev–Trinajstić information content (AvgIpc) is 3.08. The first kappa shape index (κ1) is 23.1. The molecule has 0 bridgehead atoms. The van der Waals surface area contributed by atoms with Crippen molar-refractivity contribution in [2.45, 2.75) is 40.4 Å². The molecule has 34 heavy (non-hydrogen) atoms. The standard InChI is InChI=1S/C24H28N6O4/c1-5-28-19-12-15(17(25)13-20(19)29(6-2)24(28)34)21(31)26-9-10-30-22(32)16-11-14(3)7-8-18(16)27(4)23(30)33/h7-8,11-13H,5-6,9-10,25H2,1-4H3,(H,26,31). The second-order valence-corrected chi connectivity index (χ2v) is 8.27. The van der Waals surface area contributed by atoms with Gasteiger partial charge < -0.3 is 11.1 Å². The quantitative estimate of drug-likeness (QED) is 0.415. The van der Waals surface area contributed by atoms with Gasteiger partial charge in [0.25, 0.3) is 11.5 Å². The van der Waals surface area contributed by atoms with Gasteiger partial charge in [0, 0.05) is 38.9 Å². The number of imidazole rings is 1. The van der Waals surface area contributed by atoms with Crippen LogP contribution in [0.3, 0.4) is 0 Å². The van der Waals surface area contributed by atoms with Crippen LogP contribution in [0.25, 0.3) is 21.9 Å². The van der Waals surface area contributed by atoms with Gasteiger partial charge in [-0.1, -0.05) is 11.6 Å². The van der Waals surface area contributed by atoms with E-state index < -0.39 is 17.2 Å². The fourth-order valence-corrected chi connectivity index (χ4v) is 4.39. The minimum atomic E-state index is -0.454. The van der Waals surface area contributed by atoms with Gasteiger partial charge in [-0.05, 0) is 45.0 Å². The number of nitrogens with one attached hydrogen (secondary N) is 1. The van der Waals surface area contributed by atoms with Crippen LogP contribution in [-0.2, 0) is 26.7 Å². The van der Waals surface area contributed by atoms with Crippen LogP contribution in [0.15, 0.2) is 44.7 Å². The fourth-order valence-electron chi connectivity index (χ4n) is 4.39. The molecule has 0 atom stereocenters. The number of carbonyl (C=O) groups excluding carboxylic acids is 1. The number of nitrogen functional groups attached to an aromatic ring is 1. The van der Waals surface area contributed by atoms with Gasteiger partial charge in [-0.2, -0.15) is 0 Å². The topological polar surface area (TPSA) is 126 Å². The van der Waals surface area contributed by atoms with E-state index in [1.54, 1.807) is 40.4 Å². The molecule has 3 N–H and O–H groups in total. The maximum atomic E-state index is 12.9. The minimum Gasteiger partial charge on any atom is -0.398 e. The molecule has 4 rings (SSSR count). The van der Waals surface area contributed by atoms with Crippen molar-refractivity contribution < 1.29 is 4.79 Å². The summed E-state index contributed by atoms with van der Waals surface area (Å²) in [5.41, 5.74) is 8.39. The third kappa shape index (κ3) is 3.60.